The van der Waals surface area contributed by atoms with Crippen LogP contribution in [0.5, 0.6) is 0 Å². The predicted octanol–water partition coefficient (Wildman–Crippen LogP) is 2.21. The van der Waals surface area contributed by atoms with Crippen LogP contribution in [0.4, 0.5) is 0 Å². The van der Waals surface area contributed by atoms with E-state index < -0.39 is 12.2 Å². The average molecular weight is 294 g/mol. The third kappa shape index (κ3) is 3.95. The molecule has 0 bridgehead atoms. The van der Waals surface area contributed by atoms with Crippen molar-refractivity contribution in [1.29, 1.82) is 0 Å². The van der Waals surface area contributed by atoms with Crippen LogP contribution in [0.15, 0.2) is 23.8 Å². The molecule has 4 nitrogen and oxygen atoms in total. The first-order valence-electron chi connectivity index (χ1n) is 7.75. The number of fused-ring (bicyclic) bond motifs is 1. The summed E-state index contributed by atoms with van der Waals surface area (Å²) >= 11 is 0. The molecule has 2 N–H and O–H groups in total. The van der Waals surface area contributed by atoms with Crippen LogP contribution in [-0.4, -0.2) is 34.5 Å². The predicted molar refractivity (Wildman–Crippen MR) is 80.5 cm³/mol. The minimum atomic E-state index is -0.537. The second-order valence-electron chi connectivity index (χ2n) is 6.65. The van der Waals surface area contributed by atoms with Crippen LogP contribution in [0, 0.1) is 17.8 Å². The lowest BCUT2D eigenvalue weighted by molar-refractivity contribution is -0.141. The molecule has 0 amide bonds. The summed E-state index contributed by atoms with van der Waals surface area (Å²) in [6.45, 7) is 6.09. The van der Waals surface area contributed by atoms with Gasteiger partial charge in [0.05, 0.1) is 18.6 Å². The maximum Gasteiger partial charge on any atom is 0.306 e. The smallest absolute Gasteiger partial charge is 0.306 e. The van der Waals surface area contributed by atoms with Crippen molar-refractivity contribution in [2.75, 3.05) is 0 Å². The number of aliphatic hydroxyl groups excluding tert-OH is 2. The summed E-state index contributed by atoms with van der Waals surface area (Å²) in [4.78, 5) is 11.3. The van der Waals surface area contributed by atoms with Gasteiger partial charge in [-0.15, -0.1) is 0 Å². The lowest BCUT2D eigenvalue weighted by Gasteiger charge is -2.18. The van der Waals surface area contributed by atoms with E-state index in [1.54, 1.807) is 6.08 Å². The van der Waals surface area contributed by atoms with Crippen molar-refractivity contribution < 1.29 is 19.7 Å². The highest BCUT2D eigenvalue weighted by molar-refractivity contribution is 5.72. The van der Waals surface area contributed by atoms with Crippen molar-refractivity contribution in [3.05, 3.63) is 23.8 Å². The molecule has 0 radical (unpaired) electrons. The highest BCUT2D eigenvalue weighted by Gasteiger charge is 2.48. The number of carbonyl (C=O) groups excluding carboxylic acids is 1. The van der Waals surface area contributed by atoms with Crippen LogP contribution in [0.3, 0.4) is 0 Å². The molecule has 1 unspecified atom stereocenters. The van der Waals surface area contributed by atoms with Gasteiger partial charge in [-0.3, -0.25) is 4.79 Å². The second-order valence-corrected chi connectivity index (χ2v) is 6.65. The molecular formula is C17H26O4. The molecule has 118 valence electrons. The summed E-state index contributed by atoms with van der Waals surface area (Å²) in [6.07, 6.45) is 6.30. The molecule has 0 spiro atoms. The SMILES string of the molecule is CC(C)=CCC(C)[C@H](O)/C=C/[C@@H]1[C@H]2CC(=O)O[C@H]2C[C@H]1O. The fourth-order valence-corrected chi connectivity index (χ4v) is 3.18. The van der Waals surface area contributed by atoms with E-state index in [0.29, 0.717) is 12.8 Å². The fraction of sp³-hybridized carbons (Fsp3) is 0.706. The zero-order valence-corrected chi connectivity index (χ0v) is 13.0. The van der Waals surface area contributed by atoms with Crippen molar-refractivity contribution in [2.45, 2.75) is 58.3 Å². The van der Waals surface area contributed by atoms with E-state index in [4.69, 9.17) is 4.74 Å². The van der Waals surface area contributed by atoms with Gasteiger partial charge < -0.3 is 14.9 Å². The van der Waals surface area contributed by atoms with Crippen molar-refractivity contribution in [2.24, 2.45) is 17.8 Å². The monoisotopic (exact) mass is 294 g/mol. The molecule has 0 aromatic heterocycles. The first kappa shape index (κ1) is 16.2. The molecule has 1 heterocycles. The lowest BCUT2D eigenvalue weighted by atomic mass is 9.90. The Morgan fingerprint density at radius 2 is 2.19 bits per heavy atom. The van der Waals surface area contributed by atoms with Crippen LogP contribution >= 0.6 is 0 Å². The Bertz CT molecular complexity index is 436. The number of hydrogen-bond donors (Lipinski definition) is 2. The van der Waals surface area contributed by atoms with E-state index >= 15 is 0 Å². The molecule has 0 aromatic carbocycles. The van der Waals surface area contributed by atoms with E-state index in [-0.39, 0.29) is 29.8 Å². The number of allylic oxidation sites excluding steroid dienone is 2. The Morgan fingerprint density at radius 3 is 2.86 bits per heavy atom. The molecule has 0 aromatic rings. The van der Waals surface area contributed by atoms with Crippen molar-refractivity contribution >= 4 is 5.97 Å². The summed E-state index contributed by atoms with van der Waals surface area (Å²) in [5.74, 6) is -0.0736. The third-order valence-corrected chi connectivity index (χ3v) is 4.59. The average Bonchev–Trinajstić information content (AvgIpc) is 2.88. The minimum Gasteiger partial charge on any atom is -0.462 e. The Morgan fingerprint density at radius 1 is 1.48 bits per heavy atom. The van der Waals surface area contributed by atoms with Crippen LogP contribution in [0.1, 0.15) is 40.0 Å². The molecule has 2 aliphatic rings. The van der Waals surface area contributed by atoms with Gasteiger partial charge in [0, 0.05) is 18.3 Å². The number of ether oxygens (including phenoxy) is 1. The van der Waals surface area contributed by atoms with Crippen molar-refractivity contribution in [3.63, 3.8) is 0 Å². The normalized spacial score (nSPS) is 34.6. The van der Waals surface area contributed by atoms with E-state index in [1.165, 1.54) is 5.57 Å². The standard InChI is InChI=1S/C17H26O4/c1-10(2)4-5-11(3)14(18)7-6-12-13-8-17(20)21-16(13)9-15(12)19/h4,6-7,11-16,18-19H,5,8-9H2,1-3H3/b7-6+/t11?,12-,13-,14-,15-,16+/m1/s1. The van der Waals surface area contributed by atoms with E-state index in [9.17, 15) is 15.0 Å². The lowest BCUT2D eigenvalue weighted by Crippen LogP contribution is -2.20. The number of carbonyl (C=O) groups is 1. The zero-order chi connectivity index (χ0) is 15.6. The molecule has 1 aliphatic heterocycles. The third-order valence-electron chi connectivity index (χ3n) is 4.59. The first-order valence-corrected chi connectivity index (χ1v) is 7.75. The topological polar surface area (TPSA) is 66.8 Å². The van der Waals surface area contributed by atoms with Gasteiger partial charge >= 0.3 is 5.97 Å². The van der Waals surface area contributed by atoms with Gasteiger partial charge in [0.1, 0.15) is 6.10 Å². The first-order chi connectivity index (χ1) is 9.88. The molecule has 4 heteroatoms. The molecule has 1 aliphatic carbocycles. The largest absolute Gasteiger partial charge is 0.462 e. The van der Waals surface area contributed by atoms with E-state index in [1.807, 2.05) is 26.8 Å². The highest BCUT2D eigenvalue weighted by atomic mass is 16.6. The summed E-state index contributed by atoms with van der Waals surface area (Å²) in [7, 11) is 0. The molecule has 2 rings (SSSR count). The van der Waals surface area contributed by atoms with Crippen LogP contribution in [0.2, 0.25) is 0 Å². The maximum absolute atomic E-state index is 11.3. The quantitative estimate of drug-likeness (QED) is 0.602. The second kappa shape index (κ2) is 6.75. The number of esters is 1. The van der Waals surface area contributed by atoms with Gasteiger partial charge in [0.15, 0.2) is 0 Å². The van der Waals surface area contributed by atoms with Crippen LogP contribution < -0.4 is 0 Å². The minimum absolute atomic E-state index is 0.0593. The van der Waals surface area contributed by atoms with Gasteiger partial charge in [-0.25, -0.2) is 0 Å². The number of aliphatic hydroxyl groups is 2. The van der Waals surface area contributed by atoms with Crippen molar-refractivity contribution in [3.8, 4) is 0 Å². The number of hydrogen-bond acceptors (Lipinski definition) is 4. The summed E-state index contributed by atoms with van der Waals surface area (Å²) in [5.41, 5.74) is 1.24. The van der Waals surface area contributed by atoms with Gasteiger partial charge in [0.2, 0.25) is 0 Å². The van der Waals surface area contributed by atoms with E-state index in [2.05, 4.69) is 6.08 Å². The summed E-state index contributed by atoms with van der Waals surface area (Å²) in [6, 6.07) is 0. The fourth-order valence-electron chi connectivity index (χ4n) is 3.18. The highest BCUT2D eigenvalue weighted by Crippen LogP contribution is 2.42. The zero-order valence-electron chi connectivity index (χ0n) is 13.0. The van der Waals surface area contributed by atoms with Gasteiger partial charge in [-0.2, -0.15) is 0 Å². The van der Waals surface area contributed by atoms with Gasteiger partial charge in [-0.05, 0) is 26.2 Å². The van der Waals surface area contributed by atoms with Crippen LogP contribution in [0.25, 0.3) is 0 Å². The van der Waals surface area contributed by atoms with Crippen LogP contribution in [-0.2, 0) is 9.53 Å². The van der Waals surface area contributed by atoms with Gasteiger partial charge in [0.25, 0.3) is 0 Å². The van der Waals surface area contributed by atoms with E-state index in [0.717, 1.165) is 6.42 Å². The Balaban J connectivity index is 1.93. The summed E-state index contributed by atoms with van der Waals surface area (Å²) < 4.78 is 5.20. The summed E-state index contributed by atoms with van der Waals surface area (Å²) in [5, 5.41) is 20.2. The maximum atomic E-state index is 11.3. The molecular weight excluding hydrogens is 268 g/mol. The Labute approximate surface area is 126 Å². The molecule has 2 fully saturated rings. The molecule has 21 heavy (non-hydrogen) atoms. The Kier molecular flexibility index (Phi) is 5.22. The molecule has 6 atom stereocenters. The molecule has 1 saturated heterocycles. The molecule has 1 saturated carbocycles. The Hall–Kier alpha value is -1.13. The van der Waals surface area contributed by atoms with Gasteiger partial charge in [-0.1, -0.05) is 30.7 Å². The number of rotatable bonds is 5. The van der Waals surface area contributed by atoms with Crippen molar-refractivity contribution in [1.82, 2.24) is 0 Å².